The van der Waals surface area contributed by atoms with Crippen molar-refractivity contribution in [2.45, 2.75) is 13.0 Å². The molecule has 0 radical (unpaired) electrons. The summed E-state index contributed by atoms with van der Waals surface area (Å²) in [6.45, 7) is 0.915. The lowest BCUT2D eigenvalue weighted by Crippen LogP contribution is -2.36. The third-order valence-corrected chi connectivity index (χ3v) is 4.45. The van der Waals surface area contributed by atoms with Crippen LogP contribution in [0, 0.1) is 0 Å². The Morgan fingerprint density at radius 2 is 1.85 bits per heavy atom. The van der Waals surface area contributed by atoms with E-state index in [2.05, 4.69) is 5.32 Å². The Kier molecular flexibility index (Phi) is 6.21. The van der Waals surface area contributed by atoms with Gasteiger partial charge >= 0.3 is 6.03 Å². The summed E-state index contributed by atoms with van der Waals surface area (Å²) >= 11 is 12.1. The largest absolute Gasteiger partial charge is 0.467 e. The van der Waals surface area contributed by atoms with E-state index in [9.17, 15) is 4.79 Å². The molecule has 134 valence electrons. The zero-order valence-corrected chi connectivity index (χ0v) is 15.5. The van der Waals surface area contributed by atoms with Gasteiger partial charge in [-0.25, -0.2) is 4.79 Å². The van der Waals surface area contributed by atoms with Gasteiger partial charge in [0.25, 0.3) is 0 Å². The van der Waals surface area contributed by atoms with Crippen LogP contribution in [0.15, 0.2) is 71.3 Å². The Balaban J connectivity index is 1.71. The first-order chi connectivity index (χ1) is 12.6. The van der Waals surface area contributed by atoms with E-state index >= 15 is 0 Å². The summed E-state index contributed by atoms with van der Waals surface area (Å²) in [5.74, 6) is 0.718. The van der Waals surface area contributed by atoms with E-state index in [0.717, 1.165) is 17.7 Å². The molecule has 0 fully saturated rings. The number of furan rings is 1. The molecule has 3 aromatic rings. The van der Waals surface area contributed by atoms with Crippen molar-refractivity contribution < 1.29 is 9.21 Å². The van der Waals surface area contributed by atoms with Crippen molar-refractivity contribution >= 4 is 34.9 Å². The van der Waals surface area contributed by atoms with Gasteiger partial charge in [0.2, 0.25) is 0 Å². The van der Waals surface area contributed by atoms with Crippen molar-refractivity contribution in [1.82, 2.24) is 4.90 Å². The van der Waals surface area contributed by atoms with Gasteiger partial charge in [-0.15, -0.1) is 0 Å². The molecule has 0 aliphatic carbocycles. The zero-order valence-electron chi connectivity index (χ0n) is 14.0. The number of nitrogens with zero attached hydrogens (tertiary/aromatic N) is 1. The fourth-order valence-corrected chi connectivity index (χ4v) is 2.99. The number of carbonyl (C=O) groups is 1. The third-order valence-electron chi connectivity index (χ3n) is 3.90. The molecule has 2 aromatic carbocycles. The first-order valence-corrected chi connectivity index (χ1v) is 8.95. The average Bonchev–Trinajstić information content (AvgIpc) is 3.15. The van der Waals surface area contributed by atoms with Gasteiger partial charge in [-0.05, 0) is 42.3 Å². The smallest absolute Gasteiger partial charge is 0.322 e. The van der Waals surface area contributed by atoms with Gasteiger partial charge in [0.15, 0.2) is 0 Å². The molecular formula is C20H18Cl2N2O2. The highest BCUT2D eigenvalue weighted by atomic mass is 35.5. The van der Waals surface area contributed by atoms with E-state index in [4.69, 9.17) is 27.6 Å². The van der Waals surface area contributed by atoms with Crippen LogP contribution in [0.2, 0.25) is 10.0 Å². The van der Waals surface area contributed by atoms with Gasteiger partial charge in [-0.1, -0.05) is 53.5 Å². The van der Waals surface area contributed by atoms with E-state index < -0.39 is 0 Å². The van der Waals surface area contributed by atoms with Gasteiger partial charge < -0.3 is 14.6 Å². The Bertz CT molecular complexity index is 852. The predicted molar refractivity (Wildman–Crippen MR) is 105 cm³/mol. The van der Waals surface area contributed by atoms with E-state index in [1.807, 2.05) is 36.4 Å². The maximum Gasteiger partial charge on any atom is 0.322 e. The van der Waals surface area contributed by atoms with Crippen molar-refractivity contribution in [3.63, 3.8) is 0 Å². The van der Waals surface area contributed by atoms with Crippen molar-refractivity contribution in [2.24, 2.45) is 0 Å². The number of hydrogen-bond acceptors (Lipinski definition) is 2. The molecule has 0 unspecified atom stereocenters. The summed E-state index contributed by atoms with van der Waals surface area (Å²) in [4.78, 5) is 14.5. The minimum Gasteiger partial charge on any atom is -0.467 e. The van der Waals surface area contributed by atoms with Crippen molar-refractivity contribution in [2.75, 3.05) is 11.9 Å². The normalized spacial score (nSPS) is 10.5. The SMILES string of the molecule is O=C(Nc1ccc(Cl)cc1Cl)N(CCc1ccccc1)Cc1ccco1. The molecule has 0 aliphatic rings. The minimum absolute atomic E-state index is 0.249. The van der Waals surface area contributed by atoms with Gasteiger partial charge in [0.05, 0.1) is 23.5 Å². The molecule has 1 aromatic heterocycles. The maximum absolute atomic E-state index is 12.8. The van der Waals surface area contributed by atoms with Gasteiger partial charge in [-0.2, -0.15) is 0 Å². The second-order valence-electron chi connectivity index (χ2n) is 5.79. The lowest BCUT2D eigenvalue weighted by atomic mass is 10.1. The number of anilines is 1. The molecule has 2 amide bonds. The number of halogens is 2. The number of carbonyl (C=O) groups excluding carboxylic acids is 1. The molecule has 1 N–H and O–H groups in total. The van der Waals surface area contributed by atoms with Crippen LogP contribution in [0.5, 0.6) is 0 Å². The first kappa shape index (κ1) is 18.4. The van der Waals surface area contributed by atoms with Gasteiger partial charge in [0, 0.05) is 11.6 Å². The first-order valence-electron chi connectivity index (χ1n) is 8.19. The summed E-state index contributed by atoms with van der Waals surface area (Å²) in [5, 5.41) is 3.75. The zero-order chi connectivity index (χ0) is 18.4. The van der Waals surface area contributed by atoms with E-state index in [-0.39, 0.29) is 6.03 Å². The number of urea groups is 1. The number of rotatable bonds is 6. The third kappa shape index (κ3) is 5.04. The molecule has 26 heavy (non-hydrogen) atoms. The van der Waals surface area contributed by atoms with Crippen molar-refractivity contribution in [1.29, 1.82) is 0 Å². The summed E-state index contributed by atoms with van der Waals surface area (Å²) in [6, 6.07) is 18.4. The van der Waals surface area contributed by atoms with E-state index in [1.54, 1.807) is 35.4 Å². The molecule has 0 aliphatic heterocycles. The number of benzene rings is 2. The topological polar surface area (TPSA) is 45.5 Å². The maximum atomic E-state index is 12.8. The predicted octanol–water partition coefficient (Wildman–Crippen LogP) is 5.86. The minimum atomic E-state index is -0.249. The van der Waals surface area contributed by atoms with Crippen LogP contribution in [0.4, 0.5) is 10.5 Å². The fraction of sp³-hybridized carbons (Fsp3) is 0.150. The molecule has 6 heteroatoms. The summed E-state index contributed by atoms with van der Waals surface area (Å²) in [7, 11) is 0. The lowest BCUT2D eigenvalue weighted by Gasteiger charge is -2.22. The summed E-state index contributed by atoms with van der Waals surface area (Å²) < 4.78 is 5.39. The quantitative estimate of drug-likeness (QED) is 0.574. The summed E-state index contributed by atoms with van der Waals surface area (Å²) in [6.07, 6.45) is 2.34. The molecule has 0 spiro atoms. The Hall–Kier alpha value is -2.43. The van der Waals surface area contributed by atoms with Gasteiger partial charge in [-0.3, -0.25) is 0 Å². The Morgan fingerprint density at radius 3 is 2.54 bits per heavy atom. The fourth-order valence-electron chi connectivity index (χ4n) is 2.54. The van der Waals surface area contributed by atoms with Crippen LogP contribution in [-0.2, 0) is 13.0 Å². The highest BCUT2D eigenvalue weighted by molar-refractivity contribution is 6.36. The Morgan fingerprint density at radius 1 is 1.04 bits per heavy atom. The number of nitrogens with one attached hydrogen (secondary N) is 1. The van der Waals surface area contributed by atoms with E-state index in [0.29, 0.717) is 28.8 Å². The molecule has 4 nitrogen and oxygen atoms in total. The lowest BCUT2D eigenvalue weighted by molar-refractivity contribution is 0.205. The van der Waals surface area contributed by atoms with Crippen LogP contribution < -0.4 is 5.32 Å². The molecule has 0 bridgehead atoms. The van der Waals surface area contributed by atoms with Crippen LogP contribution in [0.3, 0.4) is 0 Å². The molecule has 0 saturated carbocycles. The second-order valence-corrected chi connectivity index (χ2v) is 6.63. The van der Waals surface area contributed by atoms with Crippen LogP contribution in [0.25, 0.3) is 0 Å². The highest BCUT2D eigenvalue weighted by Gasteiger charge is 2.17. The molecule has 0 atom stereocenters. The number of hydrogen-bond donors (Lipinski definition) is 1. The number of amides is 2. The average molecular weight is 389 g/mol. The van der Waals surface area contributed by atoms with Crippen molar-refractivity contribution in [3.8, 4) is 0 Å². The molecule has 1 heterocycles. The molecule has 3 rings (SSSR count). The van der Waals surface area contributed by atoms with E-state index in [1.165, 1.54) is 0 Å². The van der Waals surface area contributed by atoms with Crippen molar-refractivity contribution in [3.05, 3.63) is 88.3 Å². The Labute approximate surface area is 162 Å². The molecule has 0 saturated heterocycles. The van der Waals surface area contributed by atoms with Crippen LogP contribution >= 0.6 is 23.2 Å². The summed E-state index contributed by atoms with van der Waals surface area (Å²) in [5.41, 5.74) is 1.68. The highest BCUT2D eigenvalue weighted by Crippen LogP contribution is 2.25. The monoisotopic (exact) mass is 388 g/mol. The second kappa shape index (κ2) is 8.79. The molecular weight excluding hydrogens is 371 g/mol. The van der Waals surface area contributed by atoms with Gasteiger partial charge in [0.1, 0.15) is 5.76 Å². The van der Waals surface area contributed by atoms with Crippen LogP contribution in [0.1, 0.15) is 11.3 Å². The standard InChI is InChI=1S/C20H18Cl2N2O2/c21-16-8-9-19(18(22)13-16)23-20(25)24(14-17-7-4-12-26-17)11-10-15-5-2-1-3-6-15/h1-9,12-13H,10-11,14H2,(H,23,25). The van der Waals surface area contributed by atoms with Crippen LogP contribution in [-0.4, -0.2) is 17.5 Å².